The third kappa shape index (κ3) is 2.78. The molecule has 2 heterocycles. The van der Waals surface area contributed by atoms with Crippen LogP contribution in [-0.4, -0.2) is 26.0 Å². The van der Waals surface area contributed by atoms with Crippen LogP contribution in [0.3, 0.4) is 0 Å². The third-order valence-electron chi connectivity index (χ3n) is 3.28. The lowest BCUT2D eigenvalue weighted by Crippen LogP contribution is -2.16. The Balaban J connectivity index is 1.98. The first-order valence-corrected chi connectivity index (χ1v) is 7.63. The van der Waals surface area contributed by atoms with Crippen LogP contribution in [0.25, 0.3) is 10.1 Å². The number of hydrogen-bond donors (Lipinski definition) is 2. The molecule has 3 aromatic rings. The Morgan fingerprint density at radius 3 is 2.70 bits per heavy atom. The Morgan fingerprint density at radius 1 is 1.22 bits per heavy atom. The van der Waals surface area contributed by atoms with Crippen LogP contribution in [0.2, 0.25) is 0 Å². The Hall–Kier alpha value is -2.80. The molecule has 23 heavy (non-hydrogen) atoms. The fourth-order valence-corrected chi connectivity index (χ4v) is 3.32. The summed E-state index contributed by atoms with van der Waals surface area (Å²) in [6.07, 6.45) is 1.44. The molecule has 6 nitrogen and oxygen atoms in total. The maximum absolute atomic E-state index is 12.0. The van der Waals surface area contributed by atoms with Gasteiger partial charge in [0.15, 0.2) is 5.76 Å². The Labute approximate surface area is 136 Å². The molecule has 2 amide bonds. The molecule has 0 aliphatic heterocycles. The molecule has 0 aliphatic rings. The maximum atomic E-state index is 12.0. The number of thiophene rings is 1. The molecular weight excluding hydrogens is 316 g/mol. The summed E-state index contributed by atoms with van der Waals surface area (Å²) in [6.45, 7) is 0. The normalized spacial score (nSPS) is 10.5. The van der Waals surface area contributed by atoms with E-state index in [0.717, 1.165) is 10.1 Å². The summed E-state index contributed by atoms with van der Waals surface area (Å²) < 4.78 is 11.3. The molecule has 0 bridgehead atoms. The van der Waals surface area contributed by atoms with E-state index < -0.39 is 0 Å². The number of nitrogens with one attached hydrogen (secondary N) is 2. The molecule has 0 saturated heterocycles. The molecule has 0 fully saturated rings. The predicted molar refractivity (Wildman–Crippen MR) is 88.4 cm³/mol. The standard InChI is InChI=1S/C16H14N2O4S/c1-17-16(20)14-13(21-2)10-8-9(5-6-12(10)23-14)18-15(19)11-4-3-7-22-11/h3-8H,1-2H3,(H,17,20)(H,18,19). The predicted octanol–water partition coefficient (Wildman–Crippen LogP) is 3.11. The fraction of sp³-hybridized carbons (Fsp3) is 0.125. The van der Waals surface area contributed by atoms with Crippen molar-refractivity contribution in [3.63, 3.8) is 0 Å². The van der Waals surface area contributed by atoms with Gasteiger partial charge in [-0.2, -0.15) is 0 Å². The van der Waals surface area contributed by atoms with Gasteiger partial charge in [0, 0.05) is 22.8 Å². The van der Waals surface area contributed by atoms with Crippen LogP contribution in [-0.2, 0) is 0 Å². The van der Waals surface area contributed by atoms with Gasteiger partial charge in [-0.3, -0.25) is 9.59 Å². The smallest absolute Gasteiger partial charge is 0.291 e. The van der Waals surface area contributed by atoms with Crippen molar-refractivity contribution in [1.82, 2.24) is 5.32 Å². The molecule has 7 heteroatoms. The van der Waals surface area contributed by atoms with Crippen LogP contribution in [0.4, 0.5) is 5.69 Å². The van der Waals surface area contributed by atoms with Crippen LogP contribution < -0.4 is 15.4 Å². The Bertz CT molecular complexity index is 868. The molecule has 1 aromatic carbocycles. The molecule has 2 N–H and O–H groups in total. The lowest BCUT2D eigenvalue weighted by Gasteiger charge is -2.05. The number of anilines is 1. The van der Waals surface area contributed by atoms with Crippen molar-refractivity contribution in [1.29, 1.82) is 0 Å². The van der Waals surface area contributed by atoms with Gasteiger partial charge in [0.2, 0.25) is 0 Å². The molecule has 0 unspecified atom stereocenters. The quantitative estimate of drug-likeness (QED) is 0.770. The van der Waals surface area contributed by atoms with Gasteiger partial charge in [-0.15, -0.1) is 11.3 Å². The first kappa shape index (κ1) is 15.1. The Kier molecular flexibility index (Phi) is 4.03. The summed E-state index contributed by atoms with van der Waals surface area (Å²) in [4.78, 5) is 24.4. The monoisotopic (exact) mass is 330 g/mol. The zero-order valence-electron chi connectivity index (χ0n) is 12.5. The van der Waals surface area contributed by atoms with Gasteiger partial charge in [0.05, 0.1) is 13.4 Å². The number of methoxy groups -OCH3 is 1. The number of fused-ring (bicyclic) bond motifs is 1. The van der Waals surface area contributed by atoms with Crippen LogP contribution in [0.15, 0.2) is 41.0 Å². The molecule has 0 aliphatic carbocycles. The van der Waals surface area contributed by atoms with Crippen molar-refractivity contribution in [2.75, 3.05) is 19.5 Å². The van der Waals surface area contributed by atoms with Crippen LogP contribution >= 0.6 is 11.3 Å². The first-order valence-electron chi connectivity index (χ1n) is 6.81. The number of furan rings is 1. The highest BCUT2D eigenvalue weighted by Crippen LogP contribution is 2.39. The van der Waals surface area contributed by atoms with E-state index in [1.54, 1.807) is 31.3 Å². The van der Waals surface area contributed by atoms with E-state index in [-0.39, 0.29) is 17.6 Å². The van der Waals surface area contributed by atoms with Crippen molar-refractivity contribution >= 4 is 38.9 Å². The number of carbonyl (C=O) groups is 2. The average molecular weight is 330 g/mol. The van der Waals surface area contributed by atoms with Gasteiger partial charge >= 0.3 is 0 Å². The van der Waals surface area contributed by atoms with E-state index in [1.165, 1.54) is 24.7 Å². The van der Waals surface area contributed by atoms with E-state index in [4.69, 9.17) is 9.15 Å². The summed E-state index contributed by atoms with van der Waals surface area (Å²) in [5, 5.41) is 6.12. The van der Waals surface area contributed by atoms with Gasteiger partial charge < -0.3 is 19.8 Å². The van der Waals surface area contributed by atoms with Crippen molar-refractivity contribution in [3.05, 3.63) is 47.2 Å². The van der Waals surface area contributed by atoms with Crippen LogP contribution in [0.1, 0.15) is 20.2 Å². The fourth-order valence-electron chi connectivity index (χ4n) is 2.22. The molecule has 3 rings (SSSR count). The number of hydrogen-bond acceptors (Lipinski definition) is 5. The number of amides is 2. The van der Waals surface area contributed by atoms with E-state index in [0.29, 0.717) is 16.3 Å². The van der Waals surface area contributed by atoms with Crippen molar-refractivity contribution < 1.29 is 18.7 Å². The highest BCUT2D eigenvalue weighted by Gasteiger charge is 2.19. The van der Waals surface area contributed by atoms with E-state index >= 15 is 0 Å². The first-order chi connectivity index (χ1) is 11.1. The summed E-state index contributed by atoms with van der Waals surface area (Å²) in [6, 6.07) is 8.62. The van der Waals surface area contributed by atoms with E-state index in [1.807, 2.05) is 6.07 Å². The van der Waals surface area contributed by atoms with Gasteiger partial charge in [0.1, 0.15) is 10.6 Å². The van der Waals surface area contributed by atoms with Crippen LogP contribution in [0, 0.1) is 0 Å². The second-order valence-electron chi connectivity index (χ2n) is 4.69. The Morgan fingerprint density at radius 2 is 2.04 bits per heavy atom. The highest BCUT2D eigenvalue weighted by atomic mass is 32.1. The third-order valence-corrected chi connectivity index (χ3v) is 4.43. The second kappa shape index (κ2) is 6.13. The molecule has 0 saturated carbocycles. The number of carbonyl (C=O) groups excluding carboxylic acids is 2. The lowest BCUT2D eigenvalue weighted by atomic mass is 10.2. The maximum Gasteiger partial charge on any atom is 0.291 e. The zero-order valence-corrected chi connectivity index (χ0v) is 13.3. The zero-order chi connectivity index (χ0) is 16.4. The van der Waals surface area contributed by atoms with Crippen molar-refractivity contribution in [2.45, 2.75) is 0 Å². The molecular formula is C16H14N2O4S. The molecule has 118 valence electrons. The highest BCUT2D eigenvalue weighted by molar-refractivity contribution is 7.21. The van der Waals surface area contributed by atoms with E-state index in [2.05, 4.69) is 10.6 Å². The van der Waals surface area contributed by atoms with Gasteiger partial charge in [-0.05, 0) is 30.3 Å². The minimum Gasteiger partial charge on any atom is -0.494 e. The summed E-state index contributed by atoms with van der Waals surface area (Å²) >= 11 is 1.34. The van der Waals surface area contributed by atoms with Gasteiger partial charge in [0.25, 0.3) is 11.8 Å². The summed E-state index contributed by atoms with van der Waals surface area (Å²) in [5.41, 5.74) is 0.596. The molecule has 0 atom stereocenters. The average Bonchev–Trinajstić information content (AvgIpc) is 3.21. The molecule has 0 radical (unpaired) electrons. The van der Waals surface area contributed by atoms with E-state index in [9.17, 15) is 9.59 Å². The molecule has 0 spiro atoms. The largest absolute Gasteiger partial charge is 0.494 e. The number of rotatable bonds is 4. The topological polar surface area (TPSA) is 80.6 Å². The number of benzene rings is 1. The SMILES string of the molecule is CNC(=O)c1sc2ccc(NC(=O)c3ccco3)cc2c1OC. The minimum absolute atomic E-state index is 0.204. The number of ether oxygens (including phenoxy) is 1. The summed E-state index contributed by atoms with van der Waals surface area (Å²) in [7, 11) is 3.09. The van der Waals surface area contributed by atoms with Gasteiger partial charge in [-0.1, -0.05) is 0 Å². The second-order valence-corrected chi connectivity index (χ2v) is 5.74. The van der Waals surface area contributed by atoms with Crippen LogP contribution in [0.5, 0.6) is 5.75 Å². The van der Waals surface area contributed by atoms with Gasteiger partial charge in [-0.25, -0.2) is 0 Å². The van der Waals surface area contributed by atoms with Crippen molar-refractivity contribution in [3.8, 4) is 5.75 Å². The van der Waals surface area contributed by atoms with Crippen molar-refractivity contribution in [2.24, 2.45) is 0 Å². The molecule has 2 aromatic heterocycles. The minimum atomic E-state index is -0.338. The summed E-state index contributed by atoms with van der Waals surface area (Å²) in [5.74, 6) is 0.186. The lowest BCUT2D eigenvalue weighted by molar-refractivity contribution is 0.0962.